The summed E-state index contributed by atoms with van der Waals surface area (Å²) in [5, 5.41) is 3.41. The Labute approximate surface area is 109 Å². The molecule has 1 N–H and O–H groups in total. The number of pyridine rings is 1. The second-order valence-corrected chi connectivity index (χ2v) is 4.68. The molecule has 1 unspecified atom stereocenters. The summed E-state index contributed by atoms with van der Waals surface area (Å²) in [6.45, 7) is 5.95. The van der Waals surface area contributed by atoms with Crippen molar-refractivity contribution in [1.29, 1.82) is 0 Å². The van der Waals surface area contributed by atoms with E-state index in [2.05, 4.69) is 28.2 Å². The van der Waals surface area contributed by atoms with Crippen LogP contribution in [-0.4, -0.2) is 37.5 Å². The Balaban J connectivity index is 1.78. The molecule has 4 heteroatoms. The van der Waals surface area contributed by atoms with E-state index in [0.717, 1.165) is 32.7 Å². The summed E-state index contributed by atoms with van der Waals surface area (Å²) in [6.07, 6.45) is 7.52. The number of anilines is 1. The largest absolute Gasteiger partial charge is 0.365 e. The number of unbranched alkanes of at least 4 members (excludes halogenated alkanes) is 2. The maximum atomic E-state index is 5.86. The van der Waals surface area contributed by atoms with Crippen LogP contribution in [0.25, 0.3) is 0 Å². The van der Waals surface area contributed by atoms with Gasteiger partial charge < -0.3 is 9.64 Å². The number of nitrogens with zero attached hydrogens (tertiary/aromatic N) is 2. The van der Waals surface area contributed by atoms with E-state index in [9.17, 15) is 0 Å². The maximum Gasteiger partial charge on any atom is 0.125 e. The van der Waals surface area contributed by atoms with E-state index in [-0.39, 0.29) is 6.23 Å². The van der Waals surface area contributed by atoms with E-state index < -0.39 is 0 Å². The average Bonchev–Trinajstić information content (AvgIpc) is 2.45. The Bertz CT molecular complexity index is 331. The van der Waals surface area contributed by atoms with Gasteiger partial charge in [-0.05, 0) is 18.6 Å². The number of rotatable bonds is 6. The smallest absolute Gasteiger partial charge is 0.125 e. The van der Waals surface area contributed by atoms with E-state index in [0.29, 0.717) is 0 Å². The number of aromatic nitrogens is 1. The van der Waals surface area contributed by atoms with E-state index in [1.807, 2.05) is 18.5 Å². The third kappa shape index (κ3) is 3.96. The molecule has 0 bridgehead atoms. The lowest BCUT2D eigenvalue weighted by Gasteiger charge is -2.34. The molecule has 0 spiro atoms. The van der Waals surface area contributed by atoms with Crippen LogP contribution in [-0.2, 0) is 4.74 Å². The minimum atomic E-state index is 0.149. The van der Waals surface area contributed by atoms with Crippen LogP contribution in [0.4, 0.5) is 5.69 Å². The molecule has 4 nitrogen and oxygen atoms in total. The highest BCUT2D eigenvalue weighted by Crippen LogP contribution is 2.14. The molecule has 0 saturated carbocycles. The zero-order valence-corrected chi connectivity index (χ0v) is 11.1. The minimum absolute atomic E-state index is 0.149. The van der Waals surface area contributed by atoms with Crippen molar-refractivity contribution >= 4 is 5.69 Å². The normalized spacial score (nSPS) is 20.1. The molecule has 100 valence electrons. The van der Waals surface area contributed by atoms with Crippen molar-refractivity contribution in [1.82, 2.24) is 10.3 Å². The number of nitrogens with one attached hydrogen (secondary N) is 1. The SMILES string of the molecule is CCCCCOC1CN(c2cccnc2)CCN1. The topological polar surface area (TPSA) is 37.4 Å². The molecule has 1 aromatic heterocycles. The average molecular weight is 249 g/mol. The highest BCUT2D eigenvalue weighted by Gasteiger charge is 2.19. The van der Waals surface area contributed by atoms with Crippen molar-refractivity contribution in [2.24, 2.45) is 0 Å². The van der Waals surface area contributed by atoms with Crippen molar-refractivity contribution in [3.63, 3.8) is 0 Å². The van der Waals surface area contributed by atoms with Gasteiger partial charge in [0.1, 0.15) is 6.23 Å². The summed E-state index contributed by atoms with van der Waals surface area (Å²) in [5.74, 6) is 0. The fourth-order valence-electron chi connectivity index (χ4n) is 2.18. The molecule has 1 atom stereocenters. The van der Waals surface area contributed by atoms with Gasteiger partial charge in [-0.15, -0.1) is 0 Å². The van der Waals surface area contributed by atoms with Crippen LogP contribution >= 0.6 is 0 Å². The maximum absolute atomic E-state index is 5.86. The lowest BCUT2D eigenvalue weighted by Crippen LogP contribution is -2.52. The Morgan fingerprint density at radius 3 is 3.22 bits per heavy atom. The summed E-state index contributed by atoms with van der Waals surface area (Å²) in [5.41, 5.74) is 1.18. The van der Waals surface area contributed by atoms with E-state index >= 15 is 0 Å². The minimum Gasteiger partial charge on any atom is -0.365 e. The highest BCUT2D eigenvalue weighted by atomic mass is 16.5. The van der Waals surface area contributed by atoms with Gasteiger partial charge in [-0.25, -0.2) is 0 Å². The molecule has 1 aliphatic heterocycles. The molecule has 1 fully saturated rings. The van der Waals surface area contributed by atoms with Crippen molar-refractivity contribution in [2.45, 2.75) is 32.4 Å². The molecule has 1 saturated heterocycles. The number of piperazine rings is 1. The number of hydrogen-bond acceptors (Lipinski definition) is 4. The van der Waals surface area contributed by atoms with Crippen LogP contribution < -0.4 is 10.2 Å². The molecule has 1 aliphatic rings. The van der Waals surface area contributed by atoms with Crippen molar-refractivity contribution in [3.05, 3.63) is 24.5 Å². The van der Waals surface area contributed by atoms with E-state index in [4.69, 9.17) is 4.74 Å². The Hall–Kier alpha value is -1.13. The van der Waals surface area contributed by atoms with Crippen LogP contribution in [0.3, 0.4) is 0 Å². The highest BCUT2D eigenvalue weighted by molar-refractivity contribution is 5.44. The first-order valence-corrected chi connectivity index (χ1v) is 6.90. The fraction of sp³-hybridized carbons (Fsp3) is 0.643. The summed E-state index contributed by atoms with van der Waals surface area (Å²) >= 11 is 0. The zero-order chi connectivity index (χ0) is 12.6. The summed E-state index contributed by atoms with van der Waals surface area (Å²) in [4.78, 5) is 6.50. The lowest BCUT2D eigenvalue weighted by molar-refractivity contribution is 0.0257. The first-order chi connectivity index (χ1) is 8.90. The Kier molecular flexibility index (Phi) is 5.42. The fourth-order valence-corrected chi connectivity index (χ4v) is 2.18. The van der Waals surface area contributed by atoms with Crippen LogP contribution in [0.15, 0.2) is 24.5 Å². The summed E-state index contributed by atoms with van der Waals surface area (Å²) in [7, 11) is 0. The molecule has 0 aliphatic carbocycles. The molecule has 2 rings (SSSR count). The third-order valence-electron chi connectivity index (χ3n) is 3.22. The molecule has 0 amide bonds. The molecular weight excluding hydrogens is 226 g/mol. The van der Waals surface area contributed by atoms with E-state index in [1.54, 1.807) is 0 Å². The van der Waals surface area contributed by atoms with E-state index in [1.165, 1.54) is 18.5 Å². The van der Waals surface area contributed by atoms with Crippen molar-refractivity contribution in [2.75, 3.05) is 31.1 Å². The zero-order valence-electron chi connectivity index (χ0n) is 11.1. The predicted octanol–water partition coefficient (Wildman–Crippen LogP) is 2.02. The van der Waals surface area contributed by atoms with Gasteiger partial charge >= 0.3 is 0 Å². The van der Waals surface area contributed by atoms with Crippen molar-refractivity contribution in [3.8, 4) is 0 Å². The standard InChI is InChI=1S/C14H23N3O/c1-2-3-4-10-18-14-12-17(9-8-16-14)13-6-5-7-15-11-13/h5-7,11,14,16H,2-4,8-10,12H2,1H3. The first kappa shape index (κ1) is 13.3. The molecular formula is C14H23N3O. The van der Waals surface area contributed by atoms with Gasteiger partial charge in [0.15, 0.2) is 0 Å². The Morgan fingerprint density at radius 2 is 2.44 bits per heavy atom. The molecule has 2 heterocycles. The van der Waals surface area contributed by atoms with Crippen molar-refractivity contribution < 1.29 is 4.74 Å². The molecule has 18 heavy (non-hydrogen) atoms. The monoisotopic (exact) mass is 249 g/mol. The van der Waals surface area contributed by atoms with Gasteiger partial charge in [0.2, 0.25) is 0 Å². The second-order valence-electron chi connectivity index (χ2n) is 4.68. The first-order valence-electron chi connectivity index (χ1n) is 6.90. The third-order valence-corrected chi connectivity index (χ3v) is 3.22. The van der Waals surface area contributed by atoms with Gasteiger partial charge in [-0.1, -0.05) is 19.8 Å². The Morgan fingerprint density at radius 1 is 1.50 bits per heavy atom. The predicted molar refractivity (Wildman–Crippen MR) is 73.7 cm³/mol. The summed E-state index contributed by atoms with van der Waals surface area (Å²) < 4.78 is 5.86. The van der Waals surface area contributed by atoms with Gasteiger partial charge in [0.25, 0.3) is 0 Å². The lowest BCUT2D eigenvalue weighted by atomic mass is 10.2. The van der Waals surface area contributed by atoms with Crippen LogP contribution in [0, 0.1) is 0 Å². The quantitative estimate of drug-likeness (QED) is 0.783. The van der Waals surface area contributed by atoms with Gasteiger partial charge in [0.05, 0.1) is 18.4 Å². The number of ether oxygens (including phenoxy) is 1. The molecule has 0 radical (unpaired) electrons. The van der Waals surface area contributed by atoms with Gasteiger partial charge in [0, 0.05) is 25.9 Å². The van der Waals surface area contributed by atoms with Crippen LogP contribution in [0.1, 0.15) is 26.2 Å². The molecule has 0 aromatic carbocycles. The van der Waals surface area contributed by atoms with Crippen LogP contribution in [0.5, 0.6) is 0 Å². The summed E-state index contributed by atoms with van der Waals surface area (Å²) in [6, 6.07) is 4.08. The number of hydrogen-bond donors (Lipinski definition) is 1. The molecule has 1 aromatic rings. The van der Waals surface area contributed by atoms with Crippen LogP contribution in [0.2, 0.25) is 0 Å². The van der Waals surface area contributed by atoms with Gasteiger partial charge in [-0.3, -0.25) is 10.3 Å². The second kappa shape index (κ2) is 7.34. The van der Waals surface area contributed by atoms with Gasteiger partial charge in [-0.2, -0.15) is 0 Å².